The van der Waals surface area contributed by atoms with Gasteiger partial charge in [-0.2, -0.15) is 0 Å². The van der Waals surface area contributed by atoms with E-state index in [1.807, 2.05) is 38.4 Å². The van der Waals surface area contributed by atoms with Crippen molar-refractivity contribution >= 4 is 17.4 Å². The normalized spacial score (nSPS) is 10.5. The minimum absolute atomic E-state index is 0.730. The number of hydrogen-bond acceptors (Lipinski definition) is 4. The maximum Gasteiger partial charge on any atom is 0.147 e. The molecule has 0 spiro atoms. The number of nitrogens with one attached hydrogen (secondary N) is 1. The topological polar surface area (TPSA) is 41.1 Å². The lowest BCUT2D eigenvalue weighted by molar-refractivity contribution is 0.779. The van der Waals surface area contributed by atoms with Gasteiger partial charge in [0.1, 0.15) is 5.82 Å². The number of halogens is 1. The smallest absolute Gasteiger partial charge is 0.147 e. The van der Waals surface area contributed by atoms with Crippen LogP contribution >= 0.6 is 11.6 Å². The molecule has 0 fully saturated rings. The largest absolute Gasteiger partial charge is 0.354 e. The SMILES string of the molecule is CNCc1cnc(N(C)Cc2ccc(Cl)cc2)cn1. The zero-order valence-electron chi connectivity index (χ0n) is 11.1. The van der Waals surface area contributed by atoms with Crippen LogP contribution in [-0.2, 0) is 13.1 Å². The van der Waals surface area contributed by atoms with E-state index in [-0.39, 0.29) is 0 Å². The van der Waals surface area contributed by atoms with E-state index in [1.54, 1.807) is 12.4 Å². The summed E-state index contributed by atoms with van der Waals surface area (Å²) in [6.45, 7) is 1.51. The summed E-state index contributed by atoms with van der Waals surface area (Å²) in [5, 5.41) is 3.80. The first-order chi connectivity index (χ1) is 9.19. The molecule has 1 heterocycles. The predicted molar refractivity (Wildman–Crippen MR) is 78.4 cm³/mol. The molecule has 1 aromatic carbocycles. The molecule has 0 amide bonds. The van der Waals surface area contributed by atoms with Gasteiger partial charge in [0, 0.05) is 25.2 Å². The molecule has 2 aromatic rings. The zero-order chi connectivity index (χ0) is 13.7. The van der Waals surface area contributed by atoms with Crippen LogP contribution in [0.25, 0.3) is 0 Å². The fourth-order valence-electron chi connectivity index (χ4n) is 1.76. The maximum absolute atomic E-state index is 5.87. The van der Waals surface area contributed by atoms with Gasteiger partial charge < -0.3 is 10.2 Å². The summed E-state index contributed by atoms with van der Waals surface area (Å²) in [7, 11) is 3.89. The molecule has 0 saturated carbocycles. The van der Waals surface area contributed by atoms with Crippen molar-refractivity contribution in [2.75, 3.05) is 19.0 Å². The Morgan fingerprint density at radius 2 is 1.89 bits per heavy atom. The Hall–Kier alpha value is -1.65. The molecule has 0 aliphatic carbocycles. The summed E-state index contributed by atoms with van der Waals surface area (Å²) in [5.41, 5.74) is 2.12. The average Bonchev–Trinajstić information content (AvgIpc) is 2.42. The van der Waals surface area contributed by atoms with E-state index in [4.69, 9.17) is 11.6 Å². The van der Waals surface area contributed by atoms with Crippen molar-refractivity contribution in [2.45, 2.75) is 13.1 Å². The molecular formula is C14H17ClN4. The molecule has 0 unspecified atom stereocenters. The molecule has 4 nitrogen and oxygen atoms in total. The Morgan fingerprint density at radius 1 is 1.16 bits per heavy atom. The minimum atomic E-state index is 0.730. The fourth-order valence-corrected chi connectivity index (χ4v) is 1.89. The minimum Gasteiger partial charge on any atom is -0.354 e. The van der Waals surface area contributed by atoms with Gasteiger partial charge in [-0.1, -0.05) is 23.7 Å². The van der Waals surface area contributed by atoms with Crippen molar-refractivity contribution < 1.29 is 0 Å². The predicted octanol–water partition coefficient (Wildman–Crippen LogP) is 2.49. The third-order valence-electron chi connectivity index (χ3n) is 2.77. The maximum atomic E-state index is 5.87. The van der Waals surface area contributed by atoms with E-state index < -0.39 is 0 Å². The second-order valence-electron chi connectivity index (χ2n) is 4.38. The van der Waals surface area contributed by atoms with Crippen molar-refractivity contribution in [3.8, 4) is 0 Å². The molecular weight excluding hydrogens is 260 g/mol. The number of hydrogen-bond donors (Lipinski definition) is 1. The molecule has 1 N–H and O–H groups in total. The van der Waals surface area contributed by atoms with E-state index in [9.17, 15) is 0 Å². The molecule has 5 heteroatoms. The van der Waals surface area contributed by atoms with E-state index in [2.05, 4.69) is 20.2 Å². The van der Waals surface area contributed by atoms with E-state index in [1.165, 1.54) is 5.56 Å². The Morgan fingerprint density at radius 3 is 2.47 bits per heavy atom. The lowest BCUT2D eigenvalue weighted by atomic mass is 10.2. The first-order valence-electron chi connectivity index (χ1n) is 6.10. The monoisotopic (exact) mass is 276 g/mol. The van der Waals surface area contributed by atoms with Crippen molar-refractivity contribution in [1.29, 1.82) is 0 Å². The summed E-state index contributed by atoms with van der Waals surface area (Å²) in [6, 6.07) is 7.82. The van der Waals surface area contributed by atoms with E-state index in [0.717, 1.165) is 29.6 Å². The van der Waals surface area contributed by atoms with Gasteiger partial charge in [0.15, 0.2) is 0 Å². The van der Waals surface area contributed by atoms with Gasteiger partial charge in [-0.25, -0.2) is 4.98 Å². The van der Waals surface area contributed by atoms with Crippen LogP contribution in [0.3, 0.4) is 0 Å². The molecule has 2 rings (SSSR count). The lowest BCUT2D eigenvalue weighted by Gasteiger charge is -2.18. The molecule has 0 radical (unpaired) electrons. The number of aromatic nitrogens is 2. The van der Waals surface area contributed by atoms with Gasteiger partial charge in [-0.05, 0) is 24.7 Å². The number of benzene rings is 1. The van der Waals surface area contributed by atoms with Crippen molar-refractivity contribution in [1.82, 2.24) is 15.3 Å². The quantitative estimate of drug-likeness (QED) is 0.911. The van der Waals surface area contributed by atoms with Crippen LogP contribution < -0.4 is 10.2 Å². The summed E-state index contributed by atoms with van der Waals surface area (Å²) >= 11 is 5.87. The number of anilines is 1. The summed E-state index contributed by atoms with van der Waals surface area (Å²) in [5.74, 6) is 0.856. The second-order valence-corrected chi connectivity index (χ2v) is 4.82. The highest BCUT2D eigenvalue weighted by atomic mass is 35.5. The van der Waals surface area contributed by atoms with Crippen molar-refractivity contribution in [2.24, 2.45) is 0 Å². The third kappa shape index (κ3) is 3.91. The Bertz CT molecular complexity index is 510. The second kappa shape index (κ2) is 6.50. The van der Waals surface area contributed by atoms with Gasteiger partial charge in [0.05, 0.1) is 18.1 Å². The van der Waals surface area contributed by atoms with Crippen molar-refractivity contribution in [3.63, 3.8) is 0 Å². The van der Waals surface area contributed by atoms with Gasteiger partial charge in [0.2, 0.25) is 0 Å². The molecule has 100 valence electrons. The Balaban J connectivity index is 2.02. The van der Waals surface area contributed by atoms with Crippen molar-refractivity contribution in [3.05, 3.63) is 52.9 Å². The van der Waals surface area contributed by atoms with Crippen LogP contribution in [0, 0.1) is 0 Å². The Labute approximate surface area is 118 Å². The molecule has 0 atom stereocenters. The standard InChI is InChI=1S/C14H17ClN4/c1-16-7-13-8-18-14(9-17-13)19(2)10-11-3-5-12(15)6-4-11/h3-6,8-9,16H,7,10H2,1-2H3. The summed E-state index contributed by atoms with van der Waals surface area (Å²) in [4.78, 5) is 10.8. The fraction of sp³-hybridized carbons (Fsp3) is 0.286. The van der Waals surface area contributed by atoms with Gasteiger partial charge in [-0.3, -0.25) is 4.98 Å². The highest BCUT2D eigenvalue weighted by Gasteiger charge is 2.04. The third-order valence-corrected chi connectivity index (χ3v) is 3.03. The van der Waals surface area contributed by atoms with E-state index in [0.29, 0.717) is 0 Å². The average molecular weight is 277 g/mol. The molecule has 0 aliphatic rings. The Kier molecular flexibility index (Phi) is 4.71. The molecule has 0 saturated heterocycles. The highest BCUT2D eigenvalue weighted by molar-refractivity contribution is 6.30. The van der Waals surface area contributed by atoms with Gasteiger partial charge >= 0.3 is 0 Å². The van der Waals surface area contributed by atoms with Crippen LogP contribution in [0.15, 0.2) is 36.7 Å². The van der Waals surface area contributed by atoms with E-state index >= 15 is 0 Å². The van der Waals surface area contributed by atoms with Gasteiger partial charge in [0.25, 0.3) is 0 Å². The molecule has 19 heavy (non-hydrogen) atoms. The summed E-state index contributed by atoms with van der Waals surface area (Å²) < 4.78 is 0. The molecule has 0 bridgehead atoms. The van der Waals surface area contributed by atoms with Crippen LogP contribution in [0.5, 0.6) is 0 Å². The lowest BCUT2D eigenvalue weighted by Crippen LogP contribution is -2.18. The van der Waals surface area contributed by atoms with Crippen LogP contribution in [0.1, 0.15) is 11.3 Å². The van der Waals surface area contributed by atoms with Crippen LogP contribution in [-0.4, -0.2) is 24.1 Å². The number of nitrogens with zero attached hydrogens (tertiary/aromatic N) is 3. The summed E-state index contributed by atoms with van der Waals surface area (Å²) in [6.07, 6.45) is 3.59. The first kappa shape index (κ1) is 13.8. The first-order valence-corrected chi connectivity index (χ1v) is 6.48. The number of rotatable bonds is 5. The van der Waals surface area contributed by atoms with Crippen LogP contribution in [0.4, 0.5) is 5.82 Å². The molecule has 1 aromatic heterocycles. The zero-order valence-corrected chi connectivity index (χ0v) is 11.9. The molecule has 0 aliphatic heterocycles. The van der Waals surface area contributed by atoms with Crippen LogP contribution in [0.2, 0.25) is 5.02 Å². The van der Waals surface area contributed by atoms with Gasteiger partial charge in [-0.15, -0.1) is 0 Å². The highest BCUT2D eigenvalue weighted by Crippen LogP contribution is 2.14.